The van der Waals surface area contributed by atoms with Gasteiger partial charge in [-0.15, -0.1) is 0 Å². The Labute approximate surface area is 110 Å². The lowest BCUT2D eigenvalue weighted by Crippen LogP contribution is -1.97. The Bertz CT molecular complexity index is 504. The van der Waals surface area contributed by atoms with Crippen molar-refractivity contribution < 1.29 is 0 Å². The molecule has 17 heavy (non-hydrogen) atoms. The molecule has 2 aromatic rings. The third-order valence-corrected chi connectivity index (χ3v) is 3.42. The molecule has 0 aromatic heterocycles. The van der Waals surface area contributed by atoms with Crippen LogP contribution in [-0.2, 0) is 0 Å². The van der Waals surface area contributed by atoms with Crippen molar-refractivity contribution in [3.8, 4) is 0 Å². The van der Waals surface area contributed by atoms with E-state index in [9.17, 15) is 0 Å². The predicted octanol–water partition coefficient (Wildman–Crippen LogP) is 4.63. The molecule has 2 rings (SSSR count). The fourth-order valence-corrected chi connectivity index (χ4v) is 1.88. The Morgan fingerprint density at radius 2 is 1.65 bits per heavy atom. The summed E-state index contributed by atoms with van der Waals surface area (Å²) in [6, 6.07) is 11.2. The normalized spacial score (nSPS) is 10.3. The number of hydrogen-bond donors (Lipinski definition) is 2. The first-order valence-electron chi connectivity index (χ1n) is 5.15. The summed E-state index contributed by atoms with van der Waals surface area (Å²) in [7, 11) is 0. The second-order valence-corrected chi connectivity index (χ2v) is 4.53. The molecule has 88 valence electrons. The molecule has 0 saturated carbocycles. The van der Waals surface area contributed by atoms with Crippen LogP contribution in [0.3, 0.4) is 0 Å². The number of nitrogens with two attached hydrogens (primary N) is 1. The quantitative estimate of drug-likeness (QED) is 0.778. The predicted molar refractivity (Wildman–Crippen MR) is 75.3 cm³/mol. The van der Waals surface area contributed by atoms with Crippen LogP contribution in [0.1, 0.15) is 5.56 Å². The lowest BCUT2D eigenvalue weighted by molar-refractivity contribution is 1.43. The van der Waals surface area contributed by atoms with Gasteiger partial charge in [0, 0.05) is 11.4 Å². The molecule has 0 bridgehead atoms. The van der Waals surface area contributed by atoms with Crippen molar-refractivity contribution in [2.24, 2.45) is 0 Å². The molecule has 0 atom stereocenters. The van der Waals surface area contributed by atoms with Gasteiger partial charge in [0.25, 0.3) is 0 Å². The van der Waals surface area contributed by atoms with Gasteiger partial charge in [0.05, 0.1) is 15.7 Å². The van der Waals surface area contributed by atoms with Crippen LogP contribution in [0.4, 0.5) is 17.1 Å². The van der Waals surface area contributed by atoms with Crippen LogP contribution in [-0.4, -0.2) is 0 Å². The number of anilines is 3. The number of rotatable bonds is 2. The van der Waals surface area contributed by atoms with Gasteiger partial charge in [-0.05, 0) is 36.8 Å². The molecule has 2 nitrogen and oxygen atoms in total. The second kappa shape index (κ2) is 4.86. The molecule has 0 spiro atoms. The summed E-state index contributed by atoms with van der Waals surface area (Å²) in [5.74, 6) is 0. The van der Waals surface area contributed by atoms with Crippen LogP contribution in [0.5, 0.6) is 0 Å². The number of halogens is 2. The lowest BCUT2D eigenvalue weighted by Gasteiger charge is -2.12. The summed E-state index contributed by atoms with van der Waals surface area (Å²) in [6.07, 6.45) is 0. The molecule has 0 heterocycles. The maximum absolute atomic E-state index is 6.11. The van der Waals surface area contributed by atoms with Crippen molar-refractivity contribution in [3.63, 3.8) is 0 Å². The van der Waals surface area contributed by atoms with Crippen molar-refractivity contribution in [1.29, 1.82) is 0 Å². The van der Waals surface area contributed by atoms with E-state index >= 15 is 0 Å². The first kappa shape index (κ1) is 12.1. The van der Waals surface area contributed by atoms with Crippen LogP contribution >= 0.6 is 23.2 Å². The summed E-state index contributed by atoms with van der Waals surface area (Å²) in [6.45, 7) is 1.95. The summed E-state index contributed by atoms with van der Waals surface area (Å²) in [5.41, 5.74) is 9.27. The van der Waals surface area contributed by atoms with Gasteiger partial charge in [0.2, 0.25) is 0 Å². The lowest BCUT2D eigenvalue weighted by atomic mass is 10.1. The second-order valence-electron chi connectivity index (χ2n) is 3.75. The van der Waals surface area contributed by atoms with Crippen molar-refractivity contribution in [2.75, 3.05) is 11.1 Å². The molecule has 0 amide bonds. The first-order chi connectivity index (χ1) is 8.09. The molecule has 0 aliphatic rings. The highest BCUT2D eigenvalue weighted by atomic mass is 35.5. The zero-order chi connectivity index (χ0) is 12.4. The van der Waals surface area contributed by atoms with Crippen LogP contribution < -0.4 is 11.1 Å². The number of nitrogens with one attached hydrogen (secondary N) is 1. The molecular weight excluding hydrogens is 255 g/mol. The van der Waals surface area contributed by atoms with Crippen molar-refractivity contribution in [1.82, 2.24) is 0 Å². The summed E-state index contributed by atoms with van der Waals surface area (Å²) in [4.78, 5) is 0. The Balaban J connectivity index is 2.38. The average molecular weight is 267 g/mol. The van der Waals surface area contributed by atoms with Crippen molar-refractivity contribution in [3.05, 3.63) is 52.0 Å². The molecule has 0 aliphatic heterocycles. The number of nitrogen functional groups attached to an aromatic ring is 1. The van der Waals surface area contributed by atoms with Crippen LogP contribution in [0.15, 0.2) is 36.4 Å². The maximum atomic E-state index is 6.11. The Kier molecular flexibility index (Phi) is 3.46. The molecule has 0 unspecified atom stereocenters. The van der Waals surface area contributed by atoms with Gasteiger partial charge in [-0.25, -0.2) is 0 Å². The fraction of sp³-hybridized carbons (Fsp3) is 0.0769. The molecule has 0 saturated heterocycles. The van der Waals surface area contributed by atoms with Gasteiger partial charge in [-0.3, -0.25) is 0 Å². The Morgan fingerprint density at radius 3 is 2.41 bits per heavy atom. The Morgan fingerprint density at radius 1 is 1.00 bits per heavy atom. The van der Waals surface area contributed by atoms with Gasteiger partial charge in [0.15, 0.2) is 0 Å². The van der Waals surface area contributed by atoms with E-state index in [1.54, 1.807) is 6.07 Å². The smallest absolute Gasteiger partial charge is 0.0827 e. The highest BCUT2D eigenvalue weighted by Crippen LogP contribution is 2.33. The van der Waals surface area contributed by atoms with E-state index in [0.717, 1.165) is 22.6 Å². The third kappa shape index (κ3) is 2.48. The largest absolute Gasteiger partial charge is 0.398 e. The zero-order valence-electron chi connectivity index (χ0n) is 9.30. The van der Waals surface area contributed by atoms with E-state index in [1.165, 1.54) is 0 Å². The number of hydrogen-bond acceptors (Lipinski definition) is 2. The average Bonchev–Trinajstić information content (AvgIpc) is 2.31. The molecule has 0 fully saturated rings. The van der Waals surface area contributed by atoms with Crippen LogP contribution in [0.25, 0.3) is 0 Å². The highest BCUT2D eigenvalue weighted by Gasteiger charge is 2.06. The molecule has 4 heteroatoms. The molecule has 0 radical (unpaired) electrons. The van der Waals surface area contributed by atoms with Gasteiger partial charge in [0.1, 0.15) is 0 Å². The monoisotopic (exact) mass is 266 g/mol. The van der Waals surface area contributed by atoms with E-state index in [4.69, 9.17) is 28.9 Å². The van der Waals surface area contributed by atoms with Crippen molar-refractivity contribution >= 4 is 40.3 Å². The van der Waals surface area contributed by atoms with Crippen LogP contribution in [0.2, 0.25) is 10.0 Å². The third-order valence-electron chi connectivity index (χ3n) is 2.60. The van der Waals surface area contributed by atoms with E-state index in [1.807, 2.05) is 37.3 Å². The topological polar surface area (TPSA) is 38.0 Å². The van der Waals surface area contributed by atoms with E-state index in [0.29, 0.717) is 10.0 Å². The van der Waals surface area contributed by atoms with Gasteiger partial charge < -0.3 is 11.1 Å². The van der Waals surface area contributed by atoms with Gasteiger partial charge in [-0.2, -0.15) is 0 Å². The van der Waals surface area contributed by atoms with Gasteiger partial charge >= 0.3 is 0 Å². The summed E-state index contributed by atoms with van der Waals surface area (Å²) in [5, 5.41) is 4.26. The summed E-state index contributed by atoms with van der Waals surface area (Å²) < 4.78 is 0. The van der Waals surface area contributed by atoms with Gasteiger partial charge in [-0.1, -0.05) is 35.3 Å². The molecule has 3 N–H and O–H groups in total. The van der Waals surface area contributed by atoms with E-state index in [2.05, 4.69) is 5.32 Å². The molecular formula is C13H12Cl2N2. The highest BCUT2D eigenvalue weighted by molar-refractivity contribution is 6.43. The molecule has 0 aliphatic carbocycles. The van der Waals surface area contributed by atoms with E-state index in [-0.39, 0.29) is 0 Å². The molecule has 2 aromatic carbocycles. The minimum absolute atomic E-state index is 0.510. The summed E-state index contributed by atoms with van der Waals surface area (Å²) >= 11 is 12.1. The first-order valence-corrected chi connectivity index (χ1v) is 5.91. The fourth-order valence-electron chi connectivity index (χ4n) is 1.53. The minimum atomic E-state index is 0.510. The minimum Gasteiger partial charge on any atom is -0.398 e. The maximum Gasteiger partial charge on any atom is 0.0827 e. The SMILES string of the molecule is Cc1c(N)cccc1Nc1cccc(Cl)c1Cl. The van der Waals surface area contributed by atoms with Crippen LogP contribution in [0, 0.1) is 6.92 Å². The zero-order valence-corrected chi connectivity index (χ0v) is 10.8. The Hall–Kier alpha value is -1.38. The van der Waals surface area contributed by atoms with E-state index < -0.39 is 0 Å². The number of benzene rings is 2. The van der Waals surface area contributed by atoms with Crippen molar-refractivity contribution in [2.45, 2.75) is 6.92 Å². The standard InChI is InChI=1S/C13H12Cl2N2/c1-8-10(16)5-3-6-11(8)17-12-7-2-4-9(14)13(12)15/h2-7,17H,16H2,1H3.